The number of nitrogens with one attached hydrogen (secondary N) is 1. The maximum Gasteiger partial charge on any atom is 0.255 e. The third-order valence-electron chi connectivity index (χ3n) is 4.99. The van der Waals surface area contributed by atoms with Crippen molar-refractivity contribution in [3.05, 3.63) is 28.2 Å². The lowest BCUT2D eigenvalue weighted by Gasteiger charge is -2.29. The first kappa shape index (κ1) is 17.3. The van der Waals surface area contributed by atoms with Gasteiger partial charge in [0.15, 0.2) is 0 Å². The molecule has 1 saturated heterocycles. The van der Waals surface area contributed by atoms with Gasteiger partial charge in [0.2, 0.25) is 5.91 Å². The maximum atomic E-state index is 12.6. The van der Waals surface area contributed by atoms with Gasteiger partial charge in [0, 0.05) is 29.5 Å². The number of halogens is 1. The molecule has 1 saturated carbocycles. The van der Waals surface area contributed by atoms with Gasteiger partial charge in [-0.05, 0) is 56.7 Å². The Hall–Kier alpha value is -1.56. The number of hydrogen-bond donors (Lipinski definition) is 2. The molecule has 24 heavy (non-hydrogen) atoms. The van der Waals surface area contributed by atoms with Crippen LogP contribution in [0.4, 0.5) is 0 Å². The third-order valence-corrected chi connectivity index (χ3v) is 5.48. The summed E-state index contributed by atoms with van der Waals surface area (Å²) in [7, 11) is 0. The fourth-order valence-corrected chi connectivity index (χ4v) is 4.02. The van der Waals surface area contributed by atoms with Crippen LogP contribution in [0.25, 0.3) is 0 Å². The lowest BCUT2D eigenvalue weighted by atomic mass is 10.0. The fourth-order valence-electron chi connectivity index (χ4n) is 3.66. The number of rotatable bonds is 3. The molecule has 6 heteroatoms. The molecule has 2 atom stereocenters. The zero-order valence-corrected chi connectivity index (χ0v) is 15.2. The van der Waals surface area contributed by atoms with Crippen LogP contribution in [0.2, 0.25) is 0 Å². The number of amides is 2. The summed E-state index contributed by atoms with van der Waals surface area (Å²) in [5.74, 6) is -0.0548. The molecular formula is C18H23BrN2O3. The number of phenols is 1. The van der Waals surface area contributed by atoms with Crippen molar-refractivity contribution in [3.8, 4) is 5.75 Å². The molecule has 130 valence electrons. The lowest BCUT2D eigenvalue weighted by Crippen LogP contribution is -2.40. The molecule has 0 aromatic heterocycles. The minimum Gasteiger partial charge on any atom is -0.507 e. The number of carbonyl (C=O) groups excluding carboxylic acids is 2. The second-order valence-corrected chi connectivity index (χ2v) is 7.64. The Kier molecular flexibility index (Phi) is 5.43. The van der Waals surface area contributed by atoms with Crippen LogP contribution in [-0.4, -0.2) is 41.0 Å². The molecule has 1 aromatic carbocycles. The van der Waals surface area contributed by atoms with Crippen molar-refractivity contribution in [2.75, 3.05) is 13.1 Å². The van der Waals surface area contributed by atoms with Gasteiger partial charge in [-0.2, -0.15) is 0 Å². The SMILES string of the molecule is O=C(N[C@H]1CC[C@@H](C(=O)N2CCCCC2)C1)c1cc(Br)ccc1O. The highest BCUT2D eigenvalue weighted by atomic mass is 79.9. The highest BCUT2D eigenvalue weighted by Crippen LogP contribution is 2.29. The van der Waals surface area contributed by atoms with Crippen molar-refractivity contribution >= 4 is 27.7 Å². The van der Waals surface area contributed by atoms with Crippen molar-refractivity contribution in [1.82, 2.24) is 10.2 Å². The van der Waals surface area contributed by atoms with Crippen molar-refractivity contribution in [3.63, 3.8) is 0 Å². The normalized spacial score (nSPS) is 24.0. The van der Waals surface area contributed by atoms with Crippen molar-refractivity contribution in [2.45, 2.75) is 44.6 Å². The molecule has 2 aliphatic rings. The summed E-state index contributed by atoms with van der Waals surface area (Å²) in [6.07, 6.45) is 5.73. The number of likely N-dealkylation sites (tertiary alicyclic amines) is 1. The van der Waals surface area contributed by atoms with Crippen molar-refractivity contribution in [1.29, 1.82) is 0 Å². The molecule has 3 rings (SSSR count). The number of phenolic OH excluding ortho intramolecular Hbond substituents is 1. The molecule has 2 amide bonds. The highest BCUT2D eigenvalue weighted by Gasteiger charge is 2.34. The number of nitrogens with zero attached hydrogens (tertiary/aromatic N) is 1. The summed E-state index contributed by atoms with van der Waals surface area (Å²) in [5.41, 5.74) is 0.259. The third kappa shape index (κ3) is 3.91. The first-order valence-electron chi connectivity index (χ1n) is 8.63. The van der Waals surface area contributed by atoms with Crippen LogP contribution in [-0.2, 0) is 4.79 Å². The van der Waals surface area contributed by atoms with Gasteiger partial charge >= 0.3 is 0 Å². The average Bonchev–Trinajstić information content (AvgIpc) is 3.05. The molecule has 2 N–H and O–H groups in total. The molecule has 5 nitrogen and oxygen atoms in total. The van der Waals surface area contributed by atoms with Crippen LogP contribution in [0.1, 0.15) is 48.9 Å². The molecule has 0 spiro atoms. The van der Waals surface area contributed by atoms with Gasteiger partial charge in [-0.15, -0.1) is 0 Å². The molecule has 0 unspecified atom stereocenters. The molecule has 2 fully saturated rings. The Morgan fingerprint density at radius 2 is 1.92 bits per heavy atom. The van der Waals surface area contributed by atoms with Gasteiger partial charge in [0.1, 0.15) is 5.75 Å². The van der Waals surface area contributed by atoms with Gasteiger partial charge < -0.3 is 15.3 Å². The second-order valence-electron chi connectivity index (χ2n) is 6.73. The van der Waals surface area contributed by atoms with Crippen LogP contribution in [0.5, 0.6) is 5.75 Å². The van der Waals surface area contributed by atoms with E-state index in [-0.39, 0.29) is 35.1 Å². The molecular weight excluding hydrogens is 372 g/mol. The van der Waals surface area contributed by atoms with E-state index in [1.165, 1.54) is 12.5 Å². The minimum atomic E-state index is -0.287. The predicted octanol–water partition coefficient (Wildman–Crippen LogP) is 3.07. The largest absolute Gasteiger partial charge is 0.507 e. The van der Waals surface area contributed by atoms with E-state index < -0.39 is 0 Å². The summed E-state index contributed by atoms with van der Waals surface area (Å²) in [4.78, 5) is 26.9. The number of aromatic hydroxyl groups is 1. The quantitative estimate of drug-likeness (QED) is 0.827. The molecule has 1 aromatic rings. The topological polar surface area (TPSA) is 69.6 Å². The highest BCUT2D eigenvalue weighted by molar-refractivity contribution is 9.10. The molecule has 0 radical (unpaired) electrons. The number of carbonyl (C=O) groups is 2. The summed E-state index contributed by atoms with van der Waals surface area (Å²) in [6.45, 7) is 1.75. The molecule has 1 aliphatic carbocycles. The van der Waals surface area contributed by atoms with Crippen LogP contribution >= 0.6 is 15.9 Å². The summed E-state index contributed by atoms with van der Waals surface area (Å²) in [5, 5.41) is 12.8. The Morgan fingerprint density at radius 1 is 1.17 bits per heavy atom. The smallest absolute Gasteiger partial charge is 0.255 e. The summed E-state index contributed by atoms with van der Waals surface area (Å²) in [6, 6.07) is 4.79. The van der Waals surface area contributed by atoms with Gasteiger partial charge in [-0.3, -0.25) is 9.59 Å². The monoisotopic (exact) mass is 394 g/mol. The van der Waals surface area contributed by atoms with Gasteiger partial charge in [-0.25, -0.2) is 0 Å². The van der Waals surface area contributed by atoms with E-state index in [2.05, 4.69) is 21.2 Å². The zero-order valence-electron chi connectivity index (χ0n) is 13.6. The maximum absolute atomic E-state index is 12.6. The Morgan fingerprint density at radius 3 is 2.67 bits per heavy atom. The van der Waals surface area contributed by atoms with E-state index in [0.717, 1.165) is 43.2 Å². The molecule has 1 heterocycles. The average molecular weight is 395 g/mol. The van der Waals surface area contributed by atoms with Crippen LogP contribution < -0.4 is 5.32 Å². The Bertz CT molecular complexity index is 629. The fraction of sp³-hybridized carbons (Fsp3) is 0.556. The summed E-state index contributed by atoms with van der Waals surface area (Å²) >= 11 is 3.31. The van der Waals surface area contributed by atoms with Crippen LogP contribution in [0.15, 0.2) is 22.7 Å². The van der Waals surface area contributed by atoms with E-state index in [1.54, 1.807) is 12.1 Å². The summed E-state index contributed by atoms with van der Waals surface area (Å²) < 4.78 is 0.745. The second kappa shape index (κ2) is 7.55. The van der Waals surface area contributed by atoms with E-state index in [1.807, 2.05) is 4.90 Å². The van der Waals surface area contributed by atoms with Crippen molar-refractivity contribution in [2.24, 2.45) is 5.92 Å². The van der Waals surface area contributed by atoms with E-state index in [9.17, 15) is 14.7 Å². The predicted molar refractivity (Wildman–Crippen MR) is 94.8 cm³/mol. The molecule has 0 bridgehead atoms. The van der Waals surface area contributed by atoms with Gasteiger partial charge in [0.25, 0.3) is 5.91 Å². The van der Waals surface area contributed by atoms with Crippen LogP contribution in [0, 0.1) is 5.92 Å². The van der Waals surface area contributed by atoms with Crippen LogP contribution in [0.3, 0.4) is 0 Å². The number of piperidine rings is 1. The van der Waals surface area contributed by atoms with Gasteiger partial charge in [0.05, 0.1) is 5.56 Å². The zero-order chi connectivity index (χ0) is 17.1. The first-order chi connectivity index (χ1) is 11.5. The first-order valence-corrected chi connectivity index (χ1v) is 9.42. The van der Waals surface area contributed by atoms with E-state index in [4.69, 9.17) is 0 Å². The standard InChI is InChI=1S/C18H23BrN2O3/c19-13-5-7-16(22)15(11-13)17(23)20-14-6-4-12(10-14)18(24)21-8-2-1-3-9-21/h5,7,11-12,14,22H,1-4,6,8-10H2,(H,20,23)/t12-,14+/m1/s1. The Labute approximate surface area is 150 Å². The number of hydrogen-bond acceptors (Lipinski definition) is 3. The van der Waals surface area contributed by atoms with Crippen molar-refractivity contribution < 1.29 is 14.7 Å². The van der Waals surface area contributed by atoms with E-state index in [0.29, 0.717) is 6.42 Å². The molecule has 1 aliphatic heterocycles. The lowest BCUT2D eigenvalue weighted by molar-refractivity contribution is -0.136. The minimum absolute atomic E-state index is 0.00498. The Balaban J connectivity index is 1.56. The van der Waals surface area contributed by atoms with E-state index >= 15 is 0 Å². The number of benzene rings is 1. The van der Waals surface area contributed by atoms with Gasteiger partial charge in [-0.1, -0.05) is 15.9 Å².